The van der Waals surface area contributed by atoms with Gasteiger partial charge < -0.3 is 0 Å². The smallest absolute Gasteiger partial charge is 0.0900 e. The molecule has 0 aliphatic carbocycles. The average Bonchev–Trinajstić information content (AvgIpc) is 3.10. The molecular formula is C39H37N3Si. The largest absolute Gasteiger partial charge is 0.246 e. The lowest BCUT2D eigenvalue weighted by Gasteiger charge is -2.28. The van der Waals surface area contributed by atoms with Gasteiger partial charge in [-0.3, -0.25) is 0 Å². The molecule has 3 aromatic carbocycles. The summed E-state index contributed by atoms with van der Waals surface area (Å²) in [4.78, 5) is 15.2. The van der Waals surface area contributed by atoms with E-state index >= 15 is 0 Å². The number of rotatable bonds is 9. The molecule has 0 bridgehead atoms. The van der Waals surface area contributed by atoms with Crippen LogP contribution < -0.4 is 5.19 Å². The van der Waals surface area contributed by atoms with Gasteiger partial charge in [0, 0.05) is 11.1 Å². The van der Waals surface area contributed by atoms with Crippen molar-refractivity contribution < 1.29 is 0 Å². The van der Waals surface area contributed by atoms with E-state index in [2.05, 4.69) is 106 Å². The van der Waals surface area contributed by atoms with Crippen LogP contribution in [0.3, 0.4) is 0 Å². The van der Waals surface area contributed by atoms with E-state index in [1.807, 2.05) is 48.5 Å². The Kier molecular flexibility index (Phi) is 8.39. The van der Waals surface area contributed by atoms with Crippen molar-refractivity contribution in [2.75, 3.05) is 0 Å². The molecule has 212 valence electrons. The predicted molar refractivity (Wildman–Crippen MR) is 184 cm³/mol. The second-order valence-electron chi connectivity index (χ2n) is 11.1. The molecule has 0 aliphatic rings. The third kappa shape index (κ3) is 5.97. The summed E-state index contributed by atoms with van der Waals surface area (Å²) in [5.41, 5.74) is 9.71. The van der Waals surface area contributed by atoms with E-state index in [-0.39, 0.29) is 0 Å². The predicted octanol–water partition coefficient (Wildman–Crippen LogP) is 9.92. The van der Waals surface area contributed by atoms with Crippen molar-refractivity contribution in [1.82, 2.24) is 15.0 Å². The summed E-state index contributed by atoms with van der Waals surface area (Å²) >= 11 is 0. The second kappa shape index (κ2) is 12.7. The maximum Gasteiger partial charge on any atom is 0.0900 e. The number of pyridine rings is 3. The van der Waals surface area contributed by atoms with Crippen molar-refractivity contribution in [1.29, 1.82) is 0 Å². The lowest BCUT2D eigenvalue weighted by molar-refractivity contribution is 1.19. The molecule has 0 saturated heterocycles. The maximum atomic E-state index is 5.08. The number of aromatic nitrogens is 3. The Hall–Kier alpha value is -4.67. The fourth-order valence-corrected chi connectivity index (χ4v) is 9.63. The molecule has 43 heavy (non-hydrogen) atoms. The molecule has 0 atom stereocenters. The summed E-state index contributed by atoms with van der Waals surface area (Å²) in [6.45, 7) is 7.07. The Bertz CT molecular complexity index is 1750. The van der Waals surface area contributed by atoms with Gasteiger partial charge in [0.15, 0.2) is 0 Å². The highest BCUT2D eigenvalue weighted by Crippen LogP contribution is 2.31. The fraction of sp³-hybridized carbons (Fsp3) is 0.154. The van der Waals surface area contributed by atoms with E-state index in [0.717, 1.165) is 56.4 Å². The van der Waals surface area contributed by atoms with Crippen molar-refractivity contribution >= 4 is 13.3 Å². The summed E-state index contributed by atoms with van der Waals surface area (Å²) in [5, 5.41) is 1.55. The van der Waals surface area contributed by atoms with Gasteiger partial charge in [0.2, 0.25) is 0 Å². The van der Waals surface area contributed by atoms with Crippen LogP contribution in [0.2, 0.25) is 18.1 Å². The standard InChI is InChI=1S/C39H37N3Si/c1-4-43(5-2,6-3)33-25-23-31(24-26-33)34-19-13-20-35(40-34)36-21-14-22-37(41-36)39-28-32(29-15-9-7-10-16-29)27-38(42-39)30-17-11-8-12-18-30/h7-28H,4-6H2,1-3H3. The SMILES string of the molecule is CC[Si](CC)(CC)c1ccc(-c2cccc(-c3cccc(-c4cc(-c5ccccc5)cc(-c5ccccc5)n4)n3)n2)cc1. The third-order valence-electron chi connectivity index (χ3n) is 8.85. The van der Waals surface area contributed by atoms with Crippen LogP contribution in [0.15, 0.2) is 133 Å². The van der Waals surface area contributed by atoms with Gasteiger partial charge in [-0.2, -0.15) is 0 Å². The first-order chi connectivity index (χ1) is 21.1. The summed E-state index contributed by atoms with van der Waals surface area (Å²) in [5.74, 6) is 0. The lowest BCUT2D eigenvalue weighted by atomic mass is 10.0. The average molecular weight is 576 g/mol. The Morgan fingerprint density at radius 2 is 0.814 bits per heavy atom. The van der Waals surface area contributed by atoms with Crippen molar-refractivity contribution in [2.45, 2.75) is 38.9 Å². The molecule has 0 radical (unpaired) electrons. The topological polar surface area (TPSA) is 38.7 Å². The molecule has 0 N–H and O–H groups in total. The number of benzene rings is 3. The van der Waals surface area contributed by atoms with E-state index in [0.29, 0.717) is 0 Å². The lowest BCUT2D eigenvalue weighted by Crippen LogP contribution is -2.45. The van der Waals surface area contributed by atoms with Gasteiger partial charge in [0.05, 0.1) is 42.2 Å². The molecule has 6 rings (SSSR count). The number of hydrogen-bond acceptors (Lipinski definition) is 3. The van der Waals surface area contributed by atoms with Crippen LogP contribution in [0.5, 0.6) is 0 Å². The Labute approximate surface area is 256 Å². The summed E-state index contributed by atoms with van der Waals surface area (Å²) in [6.07, 6.45) is 0. The monoisotopic (exact) mass is 575 g/mol. The number of nitrogens with zero attached hydrogens (tertiary/aromatic N) is 3. The quantitative estimate of drug-likeness (QED) is 0.161. The normalized spacial score (nSPS) is 11.4. The minimum Gasteiger partial charge on any atom is -0.246 e. The van der Waals surface area contributed by atoms with Crippen molar-refractivity contribution in [3.8, 4) is 56.4 Å². The first-order valence-corrected chi connectivity index (χ1v) is 17.9. The van der Waals surface area contributed by atoms with Crippen LogP contribution >= 0.6 is 0 Å². The molecule has 6 aromatic rings. The molecule has 0 fully saturated rings. The third-order valence-corrected chi connectivity index (χ3v) is 14.5. The number of hydrogen-bond donors (Lipinski definition) is 0. The van der Waals surface area contributed by atoms with E-state index in [4.69, 9.17) is 15.0 Å². The molecule has 3 heterocycles. The van der Waals surface area contributed by atoms with Gasteiger partial charge in [0.1, 0.15) is 0 Å². The van der Waals surface area contributed by atoms with Gasteiger partial charge in [-0.1, -0.05) is 141 Å². The molecule has 3 nitrogen and oxygen atoms in total. The van der Waals surface area contributed by atoms with Crippen LogP contribution in [0.25, 0.3) is 56.4 Å². The summed E-state index contributed by atoms with van der Waals surface area (Å²) in [7, 11) is -1.41. The Morgan fingerprint density at radius 1 is 0.372 bits per heavy atom. The highest BCUT2D eigenvalue weighted by molar-refractivity contribution is 6.91. The summed E-state index contributed by atoms with van der Waals surface area (Å²) in [6, 6.07) is 50.4. The first-order valence-electron chi connectivity index (χ1n) is 15.3. The maximum absolute atomic E-state index is 5.08. The molecule has 3 aromatic heterocycles. The molecule has 0 amide bonds. The molecule has 0 aliphatic heterocycles. The van der Waals surface area contributed by atoms with Gasteiger partial charge >= 0.3 is 0 Å². The van der Waals surface area contributed by atoms with E-state index in [9.17, 15) is 0 Å². The van der Waals surface area contributed by atoms with Gasteiger partial charge in [0.25, 0.3) is 0 Å². The van der Waals surface area contributed by atoms with E-state index in [1.165, 1.54) is 18.1 Å². The van der Waals surface area contributed by atoms with Crippen LogP contribution in [0, 0.1) is 0 Å². The van der Waals surface area contributed by atoms with Crippen LogP contribution in [0.4, 0.5) is 0 Å². The summed E-state index contributed by atoms with van der Waals surface area (Å²) < 4.78 is 0. The molecule has 0 spiro atoms. The van der Waals surface area contributed by atoms with E-state index in [1.54, 1.807) is 5.19 Å². The van der Waals surface area contributed by atoms with Crippen LogP contribution in [-0.4, -0.2) is 23.0 Å². The van der Waals surface area contributed by atoms with Gasteiger partial charge in [-0.05, 0) is 47.5 Å². The Balaban J connectivity index is 1.36. The second-order valence-corrected chi connectivity index (χ2v) is 16.4. The molecule has 0 unspecified atom stereocenters. The zero-order chi connectivity index (χ0) is 29.6. The molecular weight excluding hydrogens is 539 g/mol. The van der Waals surface area contributed by atoms with Crippen LogP contribution in [0.1, 0.15) is 20.8 Å². The molecule has 4 heteroatoms. The zero-order valence-corrected chi connectivity index (χ0v) is 26.2. The Morgan fingerprint density at radius 3 is 1.40 bits per heavy atom. The minimum absolute atomic E-state index is 0.823. The zero-order valence-electron chi connectivity index (χ0n) is 25.2. The highest BCUT2D eigenvalue weighted by atomic mass is 28.3. The highest BCUT2D eigenvalue weighted by Gasteiger charge is 2.28. The fourth-order valence-electron chi connectivity index (χ4n) is 6.03. The van der Waals surface area contributed by atoms with Crippen molar-refractivity contribution in [3.05, 3.63) is 133 Å². The van der Waals surface area contributed by atoms with Gasteiger partial charge in [-0.15, -0.1) is 0 Å². The first kappa shape index (κ1) is 28.4. The minimum atomic E-state index is -1.41. The van der Waals surface area contributed by atoms with Crippen molar-refractivity contribution in [3.63, 3.8) is 0 Å². The molecule has 0 saturated carbocycles. The van der Waals surface area contributed by atoms with E-state index < -0.39 is 8.07 Å². The van der Waals surface area contributed by atoms with Crippen molar-refractivity contribution in [2.24, 2.45) is 0 Å². The van der Waals surface area contributed by atoms with Crippen LogP contribution in [-0.2, 0) is 0 Å². The van der Waals surface area contributed by atoms with Gasteiger partial charge in [-0.25, -0.2) is 15.0 Å².